The lowest BCUT2D eigenvalue weighted by atomic mass is 9.84. The molecular weight excluding hydrogens is 286 g/mol. The van der Waals surface area contributed by atoms with Crippen LogP contribution in [0.2, 0.25) is 0 Å². The number of rotatable bonds is 4. The summed E-state index contributed by atoms with van der Waals surface area (Å²) in [5.41, 5.74) is 8.69. The summed E-state index contributed by atoms with van der Waals surface area (Å²) in [6.45, 7) is 4.55. The molecular formula is C15H25N3O2S. The van der Waals surface area contributed by atoms with Crippen LogP contribution in [0.1, 0.15) is 36.8 Å². The highest BCUT2D eigenvalue weighted by Gasteiger charge is 2.24. The first-order chi connectivity index (χ1) is 9.82. The van der Waals surface area contributed by atoms with Crippen molar-refractivity contribution < 1.29 is 8.42 Å². The normalized spacial score (nSPS) is 23.0. The van der Waals surface area contributed by atoms with E-state index in [1.54, 1.807) is 12.1 Å². The minimum atomic E-state index is -3.69. The van der Waals surface area contributed by atoms with E-state index in [1.165, 1.54) is 12.8 Å². The van der Waals surface area contributed by atoms with Crippen LogP contribution in [0.15, 0.2) is 17.0 Å². The largest absolute Gasteiger partial charge is 0.382 e. The maximum Gasteiger partial charge on any atom is 0.238 e. The van der Waals surface area contributed by atoms with Crippen LogP contribution in [0.25, 0.3) is 0 Å². The van der Waals surface area contributed by atoms with Crippen molar-refractivity contribution in [2.24, 2.45) is 16.8 Å². The van der Waals surface area contributed by atoms with Crippen LogP contribution in [0.3, 0.4) is 0 Å². The molecule has 0 amide bonds. The molecule has 0 bridgehead atoms. The molecule has 2 atom stereocenters. The molecule has 21 heavy (non-hydrogen) atoms. The van der Waals surface area contributed by atoms with Gasteiger partial charge in [0.05, 0.1) is 4.90 Å². The van der Waals surface area contributed by atoms with E-state index in [2.05, 4.69) is 5.32 Å². The summed E-state index contributed by atoms with van der Waals surface area (Å²) in [6.07, 6.45) is 4.59. The van der Waals surface area contributed by atoms with Crippen LogP contribution >= 0.6 is 0 Å². The molecule has 1 saturated carbocycles. The summed E-state index contributed by atoms with van der Waals surface area (Å²) < 4.78 is 23.2. The van der Waals surface area contributed by atoms with Crippen LogP contribution < -0.4 is 16.2 Å². The number of nitrogens with two attached hydrogens (primary N) is 2. The average Bonchev–Trinajstić information content (AvgIpc) is 2.43. The van der Waals surface area contributed by atoms with Crippen molar-refractivity contribution in [1.29, 1.82) is 0 Å². The zero-order valence-corrected chi connectivity index (χ0v) is 13.5. The third-order valence-electron chi connectivity index (χ3n) is 4.52. The number of hydrogen-bond acceptors (Lipinski definition) is 4. The molecule has 1 aliphatic carbocycles. The van der Waals surface area contributed by atoms with Gasteiger partial charge >= 0.3 is 0 Å². The van der Waals surface area contributed by atoms with Gasteiger partial charge in [-0.3, -0.25) is 0 Å². The van der Waals surface area contributed by atoms with Gasteiger partial charge in [0.1, 0.15) is 0 Å². The molecule has 1 fully saturated rings. The van der Waals surface area contributed by atoms with E-state index < -0.39 is 10.0 Å². The Morgan fingerprint density at radius 3 is 2.52 bits per heavy atom. The Balaban J connectivity index is 2.32. The number of sulfonamides is 1. The molecule has 0 spiro atoms. The molecule has 0 aromatic heterocycles. The van der Waals surface area contributed by atoms with Gasteiger partial charge in [-0.05, 0) is 62.4 Å². The van der Waals surface area contributed by atoms with Gasteiger partial charge < -0.3 is 11.1 Å². The molecule has 5 N–H and O–H groups in total. The highest BCUT2D eigenvalue weighted by Crippen LogP contribution is 2.30. The molecule has 118 valence electrons. The molecule has 1 aromatic rings. The van der Waals surface area contributed by atoms with Crippen LogP contribution in [0.5, 0.6) is 0 Å². The fraction of sp³-hybridized carbons (Fsp3) is 0.600. The SMILES string of the molecule is Cc1cc(S(N)(=O)=O)cc(NC2CCCCC2CN)c1C. The highest BCUT2D eigenvalue weighted by atomic mass is 32.2. The van der Waals surface area contributed by atoms with Crippen LogP contribution in [-0.4, -0.2) is 21.0 Å². The zero-order valence-electron chi connectivity index (χ0n) is 12.7. The Hall–Kier alpha value is -1.11. The molecule has 1 aliphatic rings. The Kier molecular flexibility index (Phi) is 4.91. The maximum atomic E-state index is 11.6. The summed E-state index contributed by atoms with van der Waals surface area (Å²) in [4.78, 5) is 0.160. The maximum absolute atomic E-state index is 11.6. The third kappa shape index (κ3) is 3.75. The van der Waals surface area contributed by atoms with Crippen molar-refractivity contribution >= 4 is 15.7 Å². The van der Waals surface area contributed by atoms with E-state index in [0.717, 1.165) is 29.7 Å². The average molecular weight is 311 g/mol. The first-order valence-corrected chi connectivity index (χ1v) is 8.98. The molecule has 2 rings (SSSR count). The standard InChI is InChI=1S/C15H25N3O2S/c1-10-7-13(21(17,19)20)8-15(11(10)2)18-14-6-4-3-5-12(14)9-16/h7-8,12,14,18H,3-6,9,16H2,1-2H3,(H2,17,19,20). The lowest BCUT2D eigenvalue weighted by Crippen LogP contribution is -2.37. The first kappa shape index (κ1) is 16.3. The highest BCUT2D eigenvalue weighted by molar-refractivity contribution is 7.89. The lowest BCUT2D eigenvalue weighted by Gasteiger charge is -2.33. The van der Waals surface area contributed by atoms with Crippen molar-refractivity contribution in [2.45, 2.75) is 50.5 Å². The van der Waals surface area contributed by atoms with E-state index in [9.17, 15) is 8.42 Å². The smallest absolute Gasteiger partial charge is 0.238 e. The number of nitrogens with one attached hydrogen (secondary N) is 1. The van der Waals surface area contributed by atoms with Crippen LogP contribution in [0.4, 0.5) is 5.69 Å². The second-order valence-electron chi connectivity index (χ2n) is 5.99. The van der Waals surface area contributed by atoms with Gasteiger partial charge in [-0.2, -0.15) is 0 Å². The minimum absolute atomic E-state index is 0.160. The molecule has 6 heteroatoms. The number of hydrogen-bond donors (Lipinski definition) is 3. The Labute approximate surface area is 127 Å². The van der Waals surface area contributed by atoms with Crippen LogP contribution in [0, 0.1) is 19.8 Å². The van der Waals surface area contributed by atoms with Gasteiger partial charge in [0.25, 0.3) is 0 Å². The molecule has 2 unspecified atom stereocenters. The second-order valence-corrected chi connectivity index (χ2v) is 7.55. The van der Waals surface area contributed by atoms with Gasteiger partial charge in [0, 0.05) is 11.7 Å². The molecule has 0 saturated heterocycles. The number of aryl methyl sites for hydroxylation is 1. The van der Waals surface area contributed by atoms with Gasteiger partial charge in [-0.25, -0.2) is 13.6 Å². The number of anilines is 1. The van der Waals surface area contributed by atoms with Crippen molar-refractivity contribution in [1.82, 2.24) is 0 Å². The van der Waals surface area contributed by atoms with E-state index >= 15 is 0 Å². The zero-order chi connectivity index (χ0) is 15.6. The quantitative estimate of drug-likeness (QED) is 0.790. The third-order valence-corrected chi connectivity index (χ3v) is 5.41. The molecule has 0 radical (unpaired) electrons. The summed E-state index contributed by atoms with van der Waals surface area (Å²) >= 11 is 0. The fourth-order valence-electron chi connectivity index (χ4n) is 3.02. The van der Waals surface area contributed by atoms with E-state index in [1.807, 2.05) is 13.8 Å². The number of primary sulfonamides is 1. The van der Waals surface area contributed by atoms with Gasteiger partial charge in [-0.15, -0.1) is 0 Å². The van der Waals surface area contributed by atoms with Gasteiger partial charge in [-0.1, -0.05) is 12.8 Å². The van der Waals surface area contributed by atoms with Gasteiger partial charge in [0.2, 0.25) is 10.0 Å². The van der Waals surface area contributed by atoms with Crippen molar-refractivity contribution in [3.05, 3.63) is 23.3 Å². The minimum Gasteiger partial charge on any atom is -0.382 e. The van der Waals surface area contributed by atoms with Crippen molar-refractivity contribution in [3.8, 4) is 0 Å². The summed E-state index contributed by atoms with van der Waals surface area (Å²) in [6, 6.07) is 3.56. The van der Waals surface area contributed by atoms with Crippen molar-refractivity contribution in [2.75, 3.05) is 11.9 Å². The van der Waals surface area contributed by atoms with E-state index in [4.69, 9.17) is 10.9 Å². The topological polar surface area (TPSA) is 98.2 Å². The Morgan fingerprint density at radius 2 is 1.90 bits per heavy atom. The Morgan fingerprint density at radius 1 is 1.24 bits per heavy atom. The predicted molar refractivity (Wildman–Crippen MR) is 85.7 cm³/mol. The lowest BCUT2D eigenvalue weighted by molar-refractivity contribution is 0.332. The number of benzene rings is 1. The van der Waals surface area contributed by atoms with Gasteiger partial charge in [0.15, 0.2) is 0 Å². The van der Waals surface area contributed by atoms with Crippen molar-refractivity contribution in [3.63, 3.8) is 0 Å². The molecule has 0 aliphatic heterocycles. The molecule has 5 nitrogen and oxygen atoms in total. The fourth-order valence-corrected chi connectivity index (χ4v) is 3.64. The molecule has 0 heterocycles. The predicted octanol–water partition coefficient (Wildman–Crippen LogP) is 1.88. The molecule has 1 aromatic carbocycles. The Bertz CT molecular complexity index is 614. The second kappa shape index (κ2) is 6.34. The van der Waals surface area contributed by atoms with E-state index in [0.29, 0.717) is 18.5 Å². The summed E-state index contributed by atoms with van der Waals surface area (Å²) in [5.74, 6) is 0.441. The summed E-state index contributed by atoms with van der Waals surface area (Å²) in [5, 5.41) is 8.76. The first-order valence-electron chi connectivity index (χ1n) is 7.43. The summed E-state index contributed by atoms with van der Waals surface area (Å²) in [7, 11) is -3.69. The van der Waals surface area contributed by atoms with E-state index in [-0.39, 0.29) is 4.90 Å². The monoisotopic (exact) mass is 311 g/mol. The van der Waals surface area contributed by atoms with Crippen LogP contribution in [-0.2, 0) is 10.0 Å².